The van der Waals surface area contributed by atoms with E-state index in [1.54, 1.807) is 10.9 Å². The number of fused-ring (bicyclic) bond motifs is 2. The molecule has 2 fully saturated rings. The third-order valence-electron chi connectivity index (χ3n) is 5.21. The molecule has 1 amide bonds. The van der Waals surface area contributed by atoms with Crippen molar-refractivity contribution in [1.29, 1.82) is 0 Å². The van der Waals surface area contributed by atoms with Gasteiger partial charge >= 0.3 is 0 Å². The lowest BCUT2D eigenvalue weighted by Gasteiger charge is -2.27. The van der Waals surface area contributed by atoms with Crippen LogP contribution in [-0.2, 0) is 0 Å². The lowest BCUT2D eigenvalue weighted by atomic mass is 10.1. The van der Waals surface area contributed by atoms with E-state index >= 15 is 0 Å². The topological polar surface area (TPSA) is 50.2 Å². The van der Waals surface area contributed by atoms with Crippen LogP contribution in [0, 0.1) is 6.92 Å². The first-order chi connectivity index (χ1) is 11.7. The van der Waals surface area contributed by atoms with Gasteiger partial charge in [-0.25, -0.2) is 4.68 Å². The summed E-state index contributed by atoms with van der Waals surface area (Å²) in [5, 5.41) is 8.49. The number of para-hydroxylation sites is 1. The summed E-state index contributed by atoms with van der Waals surface area (Å²) in [5.74, 6) is 0.0991. The third-order valence-corrected chi connectivity index (χ3v) is 5.53. The van der Waals surface area contributed by atoms with E-state index in [4.69, 9.17) is 11.6 Å². The van der Waals surface area contributed by atoms with Gasteiger partial charge in [0.1, 0.15) is 0 Å². The normalized spacial score (nSPS) is 22.4. The summed E-state index contributed by atoms with van der Waals surface area (Å²) >= 11 is 6.28. The molecule has 0 spiro atoms. The molecule has 2 aliphatic heterocycles. The van der Waals surface area contributed by atoms with Crippen molar-refractivity contribution in [2.45, 2.75) is 38.3 Å². The van der Waals surface area contributed by atoms with Crippen LogP contribution in [0.1, 0.15) is 35.3 Å². The Morgan fingerprint density at radius 2 is 2.00 bits per heavy atom. The van der Waals surface area contributed by atoms with E-state index in [9.17, 15) is 4.79 Å². The van der Waals surface area contributed by atoms with Gasteiger partial charge in [0.15, 0.2) is 0 Å². The summed E-state index contributed by atoms with van der Waals surface area (Å²) in [6.45, 7) is 3.81. The summed E-state index contributed by atoms with van der Waals surface area (Å²) in [6.07, 6.45) is 4.90. The number of hydrogen-bond donors (Lipinski definition) is 1. The van der Waals surface area contributed by atoms with Gasteiger partial charge in [0.05, 0.1) is 28.2 Å². The Kier molecular flexibility index (Phi) is 5.37. The molecule has 2 saturated heterocycles. The summed E-state index contributed by atoms with van der Waals surface area (Å²) in [4.78, 5) is 15.3. The molecule has 3 heterocycles. The molecule has 2 unspecified atom stereocenters. The van der Waals surface area contributed by atoms with Gasteiger partial charge in [-0.1, -0.05) is 23.7 Å². The lowest BCUT2D eigenvalue weighted by Crippen LogP contribution is -2.42. The number of benzene rings is 1. The SMILES string of the molecule is Cc1c(C(=O)N2C3CCNCC2CC3)cnn1-c1ccccc1Cl.Cl. The fourth-order valence-electron chi connectivity index (χ4n) is 3.94. The van der Waals surface area contributed by atoms with Crippen molar-refractivity contribution < 1.29 is 4.79 Å². The lowest BCUT2D eigenvalue weighted by molar-refractivity contribution is 0.0679. The molecule has 4 rings (SSSR count). The molecule has 5 nitrogen and oxygen atoms in total. The summed E-state index contributed by atoms with van der Waals surface area (Å²) in [7, 11) is 0. The molecule has 1 aromatic heterocycles. The highest BCUT2D eigenvalue weighted by molar-refractivity contribution is 6.32. The molecule has 1 N–H and O–H groups in total. The van der Waals surface area contributed by atoms with Crippen LogP contribution in [0.2, 0.25) is 5.02 Å². The molecule has 7 heteroatoms. The van der Waals surface area contributed by atoms with Crippen LogP contribution in [0.5, 0.6) is 0 Å². The molecule has 134 valence electrons. The van der Waals surface area contributed by atoms with E-state index in [-0.39, 0.29) is 18.3 Å². The van der Waals surface area contributed by atoms with Crippen molar-refractivity contribution in [2.75, 3.05) is 13.1 Å². The molecular formula is C18H22Cl2N4O. The maximum absolute atomic E-state index is 13.2. The Bertz CT molecular complexity index is 762. The summed E-state index contributed by atoms with van der Waals surface area (Å²) < 4.78 is 1.76. The monoisotopic (exact) mass is 380 g/mol. The molecule has 2 atom stereocenters. The van der Waals surface area contributed by atoms with Crippen LogP contribution in [0.3, 0.4) is 0 Å². The maximum atomic E-state index is 13.2. The molecule has 2 aliphatic rings. The summed E-state index contributed by atoms with van der Waals surface area (Å²) in [6, 6.07) is 8.20. The first-order valence-corrected chi connectivity index (χ1v) is 8.87. The summed E-state index contributed by atoms with van der Waals surface area (Å²) in [5.41, 5.74) is 2.31. The third kappa shape index (κ3) is 3.16. The van der Waals surface area contributed by atoms with E-state index in [0.29, 0.717) is 22.7 Å². The molecule has 0 aliphatic carbocycles. The highest BCUT2D eigenvalue weighted by Gasteiger charge is 2.39. The minimum absolute atomic E-state index is 0. The van der Waals surface area contributed by atoms with E-state index in [1.807, 2.05) is 31.2 Å². The number of carbonyl (C=O) groups is 1. The van der Waals surface area contributed by atoms with Gasteiger partial charge < -0.3 is 10.2 Å². The molecule has 0 saturated carbocycles. The van der Waals surface area contributed by atoms with Crippen molar-refractivity contribution in [1.82, 2.24) is 20.0 Å². The van der Waals surface area contributed by atoms with Crippen LogP contribution in [0.15, 0.2) is 30.5 Å². The average molecular weight is 381 g/mol. The number of nitrogens with one attached hydrogen (secondary N) is 1. The van der Waals surface area contributed by atoms with E-state index in [1.165, 1.54) is 0 Å². The molecular weight excluding hydrogens is 359 g/mol. The van der Waals surface area contributed by atoms with Crippen LogP contribution >= 0.6 is 24.0 Å². The number of aromatic nitrogens is 2. The van der Waals surface area contributed by atoms with Crippen molar-refractivity contribution >= 4 is 29.9 Å². The highest BCUT2D eigenvalue weighted by atomic mass is 35.5. The van der Waals surface area contributed by atoms with Crippen molar-refractivity contribution in [2.24, 2.45) is 0 Å². The van der Waals surface area contributed by atoms with Gasteiger partial charge in [-0.3, -0.25) is 4.79 Å². The van der Waals surface area contributed by atoms with Gasteiger partial charge in [-0.15, -0.1) is 12.4 Å². The van der Waals surface area contributed by atoms with E-state index < -0.39 is 0 Å². The number of amides is 1. The van der Waals surface area contributed by atoms with Crippen LogP contribution in [0.25, 0.3) is 5.69 Å². The Morgan fingerprint density at radius 3 is 2.80 bits per heavy atom. The number of hydrogen-bond acceptors (Lipinski definition) is 3. The predicted molar refractivity (Wildman–Crippen MR) is 101 cm³/mol. The standard InChI is InChI=1S/C18H21ClN4O.ClH/c1-12-15(11-21-23(12)17-5-3-2-4-16(17)19)18(24)22-13-6-7-14(22)10-20-9-8-13;/h2-5,11,13-14,20H,6-10H2,1H3;1H. The largest absolute Gasteiger partial charge is 0.331 e. The fraction of sp³-hybridized carbons (Fsp3) is 0.444. The average Bonchev–Trinajstić information content (AvgIpc) is 3.06. The van der Waals surface area contributed by atoms with Crippen LogP contribution in [0.4, 0.5) is 0 Å². The number of nitrogens with zero attached hydrogens (tertiary/aromatic N) is 3. The first-order valence-electron chi connectivity index (χ1n) is 8.49. The second-order valence-electron chi connectivity index (χ2n) is 6.60. The second-order valence-corrected chi connectivity index (χ2v) is 7.00. The van der Waals surface area contributed by atoms with Gasteiger partial charge in [0, 0.05) is 18.6 Å². The van der Waals surface area contributed by atoms with Gasteiger partial charge in [-0.2, -0.15) is 5.10 Å². The fourth-order valence-corrected chi connectivity index (χ4v) is 4.15. The second kappa shape index (κ2) is 7.36. The maximum Gasteiger partial charge on any atom is 0.257 e. The quantitative estimate of drug-likeness (QED) is 0.869. The molecule has 2 bridgehead atoms. The minimum atomic E-state index is 0. The van der Waals surface area contributed by atoms with Crippen molar-refractivity contribution in [3.05, 3.63) is 46.7 Å². The Labute approximate surface area is 158 Å². The van der Waals surface area contributed by atoms with E-state index in [2.05, 4.69) is 15.3 Å². The zero-order valence-corrected chi connectivity index (χ0v) is 15.7. The molecule has 1 aromatic carbocycles. The smallest absolute Gasteiger partial charge is 0.257 e. The zero-order chi connectivity index (χ0) is 16.7. The Hall–Kier alpha value is -1.56. The zero-order valence-electron chi connectivity index (χ0n) is 14.1. The van der Waals surface area contributed by atoms with Gasteiger partial charge in [0.25, 0.3) is 5.91 Å². The molecule has 0 radical (unpaired) electrons. The van der Waals surface area contributed by atoms with Crippen LogP contribution in [-0.4, -0.2) is 45.8 Å². The molecule has 2 aromatic rings. The van der Waals surface area contributed by atoms with Crippen molar-refractivity contribution in [3.63, 3.8) is 0 Å². The number of rotatable bonds is 2. The minimum Gasteiger partial charge on any atom is -0.331 e. The predicted octanol–water partition coefficient (Wildman–Crippen LogP) is 3.22. The van der Waals surface area contributed by atoms with Crippen LogP contribution < -0.4 is 5.32 Å². The molecule has 25 heavy (non-hydrogen) atoms. The van der Waals surface area contributed by atoms with Crippen molar-refractivity contribution in [3.8, 4) is 5.69 Å². The van der Waals surface area contributed by atoms with E-state index in [0.717, 1.165) is 43.7 Å². The van der Waals surface area contributed by atoms with Gasteiger partial charge in [-0.05, 0) is 44.9 Å². The highest BCUT2D eigenvalue weighted by Crippen LogP contribution is 2.31. The van der Waals surface area contributed by atoms with Gasteiger partial charge in [0.2, 0.25) is 0 Å². The Balaban J connectivity index is 0.00000182. The first kappa shape index (κ1) is 18.2. The number of halogens is 2. The Morgan fingerprint density at radius 1 is 1.24 bits per heavy atom. The number of carbonyl (C=O) groups excluding carboxylic acids is 1.